The summed E-state index contributed by atoms with van der Waals surface area (Å²) in [5.74, 6) is -0.128. The summed E-state index contributed by atoms with van der Waals surface area (Å²) in [5.41, 5.74) is 1.10. The van der Waals surface area contributed by atoms with Crippen molar-refractivity contribution >= 4 is 0 Å². The van der Waals surface area contributed by atoms with E-state index in [1.165, 1.54) is 12.5 Å². The van der Waals surface area contributed by atoms with Gasteiger partial charge in [-0.2, -0.15) is 0 Å². The molecular weight excluding hydrogens is 201 g/mol. The Bertz CT molecular complexity index is 299. The summed E-state index contributed by atoms with van der Waals surface area (Å²) in [6.45, 7) is 5.36. The van der Waals surface area contributed by atoms with E-state index in [0.29, 0.717) is 6.04 Å². The van der Waals surface area contributed by atoms with Crippen molar-refractivity contribution in [2.24, 2.45) is 0 Å². The second kappa shape index (κ2) is 7.39. The molecule has 1 aromatic carbocycles. The lowest BCUT2D eigenvalue weighted by Gasteiger charge is -2.15. The smallest absolute Gasteiger partial charge is 0.123 e. The van der Waals surface area contributed by atoms with Gasteiger partial charge in [-0.05, 0) is 49.9 Å². The molecule has 0 saturated heterocycles. The van der Waals surface area contributed by atoms with E-state index in [1.54, 1.807) is 12.1 Å². The van der Waals surface area contributed by atoms with E-state index >= 15 is 0 Å². The van der Waals surface area contributed by atoms with Crippen LogP contribution in [-0.2, 0) is 6.42 Å². The molecule has 2 heteroatoms. The van der Waals surface area contributed by atoms with Gasteiger partial charge in [0.2, 0.25) is 0 Å². The van der Waals surface area contributed by atoms with Gasteiger partial charge in [0.1, 0.15) is 5.82 Å². The summed E-state index contributed by atoms with van der Waals surface area (Å²) in [6, 6.07) is 7.52. The first-order valence-corrected chi connectivity index (χ1v) is 6.24. The molecule has 1 N–H and O–H groups in total. The van der Waals surface area contributed by atoms with E-state index in [-0.39, 0.29) is 5.82 Å². The van der Waals surface area contributed by atoms with Crippen LogP contribution in [0.1, 0.15) is 38.7 Å². The van der Waals surface area contributed by atoms with Crippen LogP contribution >= 0.6 is 0 Å². The standard InChI is InChI=1S/C14H22FN/c1-3-14(16-4-2)10-6-8-12-7-5-9-13(15)11-12/h5,7,9,11,14,16H,3-4,6,8,10H2,1-2H3. The molecule has 1 rings (SSSR count). The Balaban J connectivity index is 2.29. The van der Waals surface area contributed by atoms with Gasteiger partial charge in [-0.3, -0.25) is 0 Å². The molecule has 1 nitrogen and oxygen atoms in total. The lowest BCUT2D eigenvalue weighted by atomic mass is 10.0. The Labute approximate surface area is 98.1 Å². The van der Waals surface area contributed by atoms with E-state index in [1.807, 2.05) is 6.07 Å². The number of rotatable bonds is 7. The summed E-state index contributed by atoms with van der Waals surface area (Å²) >= 11 is 0. The van der Waals surface area contributed by atoms with Gasteiger partial charge < -0.3 is 5.32 Å². The topological polar surface area (TPSA) is 12.0 Å². The summed E-state index contributed by atoms with van der Waals surface area (Å²) < 4.78 is 12.9. The zero-order valence-electron chi connectivity index (χ0n) is 10.3. The average molecular weight is 223 g/mol. The first-order chi connectivity index (χ1) is 7.76. The lowest BCUT2D eigenvalue weighted by molar-refractivity contribution is 0.467. The molecule has 1 atom stereocenters. The molecule has 0 saturated carbocycles. The third kappa shape index (κ3) is 4.75. The molecule has 1 unspecified atom stereocenters. The monoisotopic (exact) mass is 223 g/mol. The molecule has 16 heavy (non-hydrogen) atoms. The van der Waals surface area contributed by atoms with Gasteiger partial charge in [0.15, 0.2) is 0 Å². The quantitative estimate of drug-likeness (QED) is 0.745. The number of nitrogens with one attached hydrogen (secondary N) is 1. The van der Waals surface area contributed by atoms with Crippen molar-refractivity contribution in [1.82, 2.24) is 5.32 Å². The van der Waals surface area contributed by atoms with Crippen molar-refractivity contribution in [3.8, 4) is 0 Å². The maximum Gasteiger partial charge on any atom is 0.123 e. The first-order valence-electron chi connectivity index (χ1n) is 6.24. The fourth-order valence-corrected chi connectivity index (χ4v) is 1.98. The predicted octanol–water partition coefficient (Wildman–Crippen LogP) is 3.54. The summed E-state index contributed by atoms with van der Waals surface area (Å²) in [7, 11) is 0. The van der Waals surface area contributed by atoms with E-state index in [2.05, 4.69) is 19.2 Å². The minimum Gasteiger partial charge on any atom is -0.314 e. The molecule has 0 aliphatic heterocycles. The van der Waals surface area contributed by atoms with Crippen LogP contribution in [0, 0.1) is 5.82 Å². The Morgan fingerprint density at radius 1 is 1.31 bits per heavy atom. The minimum atomic E-state index is -0.128. The second-order valence-electron chi connectivity index (χ2n) is 4.18. The van der Waals surface area contributed by atoms with Gasteiger partial charge in [0.25, 0.3) is 0 Å². The molecule has 0 fully saturated rings. The zero-order valence-corrected chi connectivity index (χ0v) is 10.3. The van der Waals surface area contributed by atoms with Crippen molar-refractivity contribution in [2.45, 2.75) is 45.6 Å². The maximum atomic E-state index is 12.9. The number of aryl methyl sites for hydroxylation is 1. The Hall–Kier alpha value is -0.890. The van der Waals surface area contributed by atoms with Gasteiger partial charge in [-0.1, -0.05) is 26.0 Å². The molecule has 0 heterocycles. The highest BCUT2D eigenvalue weighted by atomic mass is 19.1. The molecule has 0 aliphatic carbocycles. The molecule has 0 aliphatic rings. The highest BCUT2D eigenvalue weighted by Crippen LogP contribution is 2.10. The zero-order chi connectivity index (χ0) is 11.8. The van der Waals surface area contributed by atoms with Gasteiger partial charge in [0.05, 0.1) is 0 Å². The summed E-state index contributed by atoms with van der Waals surface area (Å²) in [5, 5.41) is 3.46. The Kier molecular flexibility index (Phi) is 6.09. The minimum absolute atomic E-state index is 0.128. The molecule has 1 aromatic rings. The number of hydrogen-bond acceptors (Lipinski definition) is 1. The number of halogens is 1. The maximum absolute atomic E-state index is 12.9. The van der Waals surface area contributed by atoms with E-state index < -0.39 is 0 Å². The summed E-state index contributed by atoms with van der Waals surface area (Å²) in [4.78, 5) is 0. The van der Waals surface area contributed by atoms with Crippen LogP contribution in [0.4, 0.5) is 4.39 Å². The van der Waals surface area contributed by atoms with Crippen molar-refractivity contribution in [3.63, 3.8) is 0 Å². The molecule has 0 bridgehead atoms. The highest BCUT2D eigenvalue weighted by Gasteiger charge is 2.04. The lowest BCUT2D eigenvalue weighted by Crippen LogP contribution is -2.27. The van der Waals surface area contributed by atoms with Gasteiger partial charge >= 0.3 is 0 Å². The van der Waals surface area contributed by atoms with Crippen LogP contribution in [-0.4, -0.2) is 12.6 Å². The number of hydrogen-bond donors (Lipinski definition) is 1. The third-order valence-electron chi connectivity index (χ3n) is 2.89. The molecule has 0 aromatic heterocycles. The fraction of sp³-hybridized carbons (Fsp3) is 0.571. The summed E-state index contributed by atoms with van der Waals surface area (Å²) in [6.07, 6.45) is 4.42. The predicted molar refractivity (Wildman–Crippen MR) is 67.1 cm³/mol. The average Bonchev–Trinajstić information content (AvgIpc) is 2.28. The highest BCUT2D eigenvalue weighted by molar-refractivity contribution is 5.16. The molecule has 0 radical (unpaired) electrons. The fourth-order valence-electron chi connectivity index (χ4n) is 1.98. The van der Waals surface area contributed by atoms with Crippen LogP contribution in [0.15, 0.2) is 24.3 Å². The van der Waals surface area contributed by atoms with Crippen molar-refractivity contribution in [1.29, 1.82) is 0 Å². The number of benzene rings is 1. The molecule has 90 valence electrons. The Morgan fingerprint density at radius 3 is 2.75 bits per heavy atom. The van der Waals surface area contributed by atoms with Gasteiger partial charge in [-0.25, -0.2) is 4.39 Å². The largest absolute Gasteiger partial charge is 0.314 e. The van der Waals surface area contributed by atoms with E-state index in [9.17, 15) is 4.39 Å². The van der Waals surface area contributed by atoms with E-state index in [0.717, 1.165) is 31.4 Å². The normalized spacial score (nSPS) is 12.7. The van der Waals surface area contributed by atoms with Gasteiger partial charge in [0, 0.05) is 6.04 Å². The third-order valence-corrected chi connectivity index (χ3v) is 2.89. The van der Waals surface area contributed by atoms with E-state index in [4.69, 9.17) is 0 Å². The van der Waals surface area contributed by atoms with Crippen molar-refractivity contribution in [3.05, 3.63) is 35.6 Å². The van der Waals surface area contributed by atoms with Crippen LogP contribution < -0.4 is 5.32 Å². The first kappa shape index (κ1) is 13.2. The second-order valence-corrected chi connectivity index (χ2v) is 4.18. The molecule has 0 spiro atoms. The van der Waals surface area contributed by atoms with Crippen molar-refractivity contribution < 1.29 is 4.39 Å². The molecular formula is C14H22FN. The van der Waals surface area contributed by atoms with Crippen LogP contribution in [0.2, 0.25) is 0 Å². The van der Waals surface area contributed by atoms with Crippen LogP contribution in [0.25, 0.3) is 0 Å². The van der Waals surface area contributed by atoms with Crippen molar-refractivity contribution in [2.75, 3.05) is 6.54 Å². The van der Waals surface area contributed by atoms with Crippen LogP contribution in [0.3, 0.4) is 0 Å². The molecule has 0 amide bonds. The van der Waals surface area contributed by atoms with Crippen LogP contribution in [0.5, 0.6) is 0 Å². The van der Waals surface area contributed by atoms with Gasteiger partial charge in [-0.15, -0.1) is 0 Å². The Morgan fingerprint density at radius 2 is 2.12 bits per heavy atom. The SMILES string of the molecule is CCNC(CC)CCCc1cccc(F)c1.